The first-order valence-electron chi connectivity index (χ1n) is 15.2. The largest absolute Gasteiger partial charge is 0.481 e. The van der Waals surface area contributed by atoms with Crippen molar-refractivity contribution in [2.75, 3.05) is 0 Å². The zero-order chi connectivity index (χ0) is 25.0. The van der Waals surface area contributed by atoms with E-state index in [0.717, 1.165) is 25.7 Å². The van der Waals surface area contributed by atoms with Gasteiger partial charge in [0.25, 0.3) is 0 Å². The van der Waals surface area contributed by atoms with Crippen LogP contribution in [0.4, 0.5) is 0 Å². The van der Waals surface area contributed by atoms with E-state index in [0.29, 0.717) is 12.3 Å². The van der Waals surface area contributed by atoms with Gasteiger partial charge < -0.3 is 5.11 Å². The molecule has 1 unspecified atom stereocenters. The number of carboxylic acid groups (broad SMARTS) is 1. The molecule has 0 radical (unpaired) electrons. The summed E-state index contributed by atoms with van der Waals surface area (Å²) in [5, 5.41) is 9.26. The van der Waals surface area contributed by atoms with Crippen LogP contribution in [0.15, 0.2) is 24.3 Å². The lowest BCUT2D eigenvalue weighted by atomic mass is 9.91. The molecule has 0 saturated heterocycles. The molecular formula is C32H60O2. The fourth-order valence-electron chi connectivity index (χ4n) is 4.76. The number of carboxylic acids is 1. The molecule has 1 atom stereocenters. The Labute approximate surface area is 214 Å². The van der Waals surface area contributed by atoms with Crippen LogP contribution in [0.1, 0.15) is 168 Å². The van der Waals surface area contributed by atoms with Crippen LogP contribution in [0, 0.1) is 5.92 Å². The minimum atomic E-state index is -0.616. The lowest BCUT2D eigenvalue weighted by Crippen LogP contribution is -2.08. The van der Waals surface area contributed by atoms with E-state index in [1.807, 2.05) is 0 Å². The fourth-order valence-corrected chi connectivity index (χ4v) is 4.76. The molecular weight excluding hydrogens is 416 g/mol. The van der Waals surface area contributed by atoms with Crippen molar-refractivity contribution in [2.24, 2.45) is 5.92 Å². The van der Waals surface area contributed by atoms with Crippen molar-refractivity contribution in [1.82, 2.24) is 0 Å². The molecule has 0 aromatic heterocycles. The van der Waals surface area contributed by atoms with Crippen LogP contribution in [0.5, 0.6) is 0 Å². The lowest BCUT2D eigenvalue weighted by Gasteiger charge is -2.14. The van der Waals surface area contributed by atoms with E-state index in [-0.39, 0.29) is 0 Å². The molecule has 2 heteroatoms. The summed E-state index contributed by atoms with van der Waals surface area (Å²) in [5.74, 6) is -0.233. The molecule has 0 aromatic carbocycles. The Morgan fingerprint density at radius 1 is 0.559 bits per heavy atom. The van der Waals surface area contributed by atoms with E-state index >= 15 is 0 Å². The standard InChI is InChI=1S/C32H60O2/c1-3-5-7-9-11-13-15-17-19-21-23-25-27-29-31(30-32(33)34)28-26-24-22-20-18-16-14-12-10-8-6-4-2/h11,13,17,19,31H,3-10,12,14-16,18,20-30H2,1-2H3,(H,33,34)/b13-11-,19-17-. The molecule has 0 spiro atoms. The highest BCUT2D eigenvalue weighted by molar-refractivity contribution is 5.66. The van der Waals surface area contributed by atoms with Crippen molar-refractivity contribution in [3.63, 3.8) is 0 Å². The number of rotatable bonds is 27. The van der Waals surface area contributed by atoms with Gasteiger partial charge in [0.05, 0.1) is 0 Å². The van der Waals surface area contributed by atoms with Gasteiger partial charge in [-0.1, -0.05) is 141 Å². The molecule has 0 aliphatic heterocycles. The molecule has 200 valence electrons. The monoisotopic (exact) mass is 476 g/mol. The summed E-state index contributed by atoms with van der Waals surface area (Å²) in [4.78, 5) is 11.2. The van der Waals surface area contributed by atoms with E-state index in [9.17, 15) is 9.90 Å². The molecule has 0 aliphatic rings. The highest BCUT2D eigenvalue weighted by Gasteiger charge is 2.12. The van der Waals surface area contributed by atoms with E-state index in [2.05, 4.69) is 38.2 Å². The first-order valence-corrected chi connectivity index (χ1v) is 15.2. The number of hydrogen-bond donors (Lipinski definition) is 1. The Morgan fingerprint density at radius 3 is 1.41 bits per heavy atom. The van der Waals surface area contributed by atoms with Crippen LogP contribution >= 0.6 is 0 Å². The van der Waals surface area contributed by atoms with Gasteiger partial charge in [-0.3, -0.25) is 4.79 Å². The second kappa shape index (κ2) is 28.2. The highest BCUT2D eigenvalue weighted by Crippen LogP contribution is 2.22. The molecule has 0 heterocycles. The summed E-state index contributed by atoms with van der Waals surface area (Å²) in [5.41, 5.74) is 0. The molecule has 0 fully saturated rings. The zero-order valence-corrected chi connectivity index (χ0v) is 23.2. The van der Waals surface area contributed by atoms with Crippen molar-refractivity contribution >= 4 is 5.97 Å². The van der Waals surface area contributed by atoms with Crippen molar-refractivity contribution < 1.29 is 9.90 Å². The number of aliphatic carboxylic acids is 1. The van der Waals surface area contributed by atoms with Crippen LogP contribution in [0.25, 0.3) is 0 Å². The Balaban J connectivity index is 3.63. The average molecular weight is 477 g/mol. The predicted octanol–water partition coefficient (Wildman–Crippen LogP) is 11.2. The summed E-state index contributed by atoms with van der Waals surface area (Å²) < 4.78 is 0. The molecule has 2 nitrogen and oxygen atoms in total. The van der Waals surface area contributed by atoms with Gasteiger partial charge in [-0.15, -0.1) is 0 Å². The summed E-state index contributed by atoms with van der Waals surface area (Å²) >= 11 is 0. The number of unbranched alkanes of at least 4 members (excludes halogenated alkanes) is 17. The normalized spacial score (nSPS) is 12.8. The van der Waals surface area contributed by atoms with Crippen LogP contribution in [-0.2, 0) is 4.79 Å². The van der Waals surface area contributed by atoms with Gasteiger partial charge in [-0.05, 0) is 50.9 Å². The molecule has 0 rings (SSSR count). The molecule has 0 amide bonds. The predicted molar refractivity (Wildman–Crippen MR) is 152 cm³/mol. The minimum Gasteiger partial charge on any atom is -0.481 e. The van der Waals surface area contributed by atoms with E-state index < -0.39 is 5.97 Å². The highest BCUT2D eigenvalue weighted by atomic mass is 16.4. The number of allylic oxidation sites excluding steroid dienone is 4. The number of hydrogen-bond acceptors (Lipinski definition) is 1. The quantitative estimate of drug-likeness (QED) is 0.0945. The van der Waals surface area contributed by atoms with E-state index in [4.69, 9.17) is 0 Å². The Kier molecular flexibility index (Phi) is 27.3. The van der Waals surface area contributed by atoms with Crippen LogP contribution in [-0.4, -0.2) is 11.1 Å². The first-order chi connectivity index (χ1) is 16.7. The molecule has 0 aromatic rings. The second-order valence-corrected chi connectivity index (χ2v) is 10.5. The van der Waals surface area contributed by atoms with Gasteiger partial charge in [0.15, 0.2) is 0 Å². The third kappa shape index (κ3) is 27.2. The van der Waals surface area contributed by atoms with Gasteiger partial charge in [-0.2, -0.15) is 0 Å². The smallest absolute Gasteiger partial charge is 0.303 e. The van der Waals surface area contributed by atoms with E-state index in [1.54, 1.807) is 0 Å². The molecule has 34 heavy (non-hydrogen) atoms. The van der Waals surface area contributed by atoms with Crippen molar-refractivity contribution in [3.05, 3.63) is 24.3 Å². The van der Waals surface area contributed by atoms with Gasteiger partial charge in [0, 0.05) is 6.42 Å². The fraction of sp³-hybridized carbons (Fsp3) is 0.844. The Hall–Kier alpha value is -1.05. The van der Waals surface area contributed by atoms with Gasteiger partial charge >= 0.3 is 5.97 Å². The van der Waals surface area contributed by atoms with Gasteiger partial charge in [-0.25, -0.2) is 0 Å². The van der Waals surface area contributed by atoms with Gasteiger partial charge in [0.2, 0.25) is 0 Å². The van der Waals surface area contributed by atoms with Crippen molar-refractivity contribution in [2.45, 2.75) is 168 Å². The van der Waals surface area contributed by atoms with Crippen LogP contribution < -0.4 is 0 Å². The zero-order valence-electron chi connectivity index (χ0n) is 23.2. The second-order valence-electron chi connectivity index (χ2n) is 10.5. The summed E-state index contributed by atoms with van der Waals surface area (Å²) in [6.45, 7) is 4.53. The molecule has 1 N–H and O–H groups in total. The minimum absolute atomic E-state index is 0.364. The Bertz CT molecular complexity index is 466. The maximum atomic E-state index is 11.2. The molecule has 0 aliphatic carbocycles. The number of carbonyl (C=O) groups is 1. The maximum absolute atomic E-state index is 11.2. The summed E-state index contributed by atoms with van der Waals surface area (Å²) in [7, 11) is 0. The average Bonchev–Trinajstić information content (AvgIpc) is 2.82. The first kappa shape index (κ1) is 33.0. The molecule has 0 saturated carbocycles. The van der Waals surface area contributed by atoms with E-state index in [1.165, 1.54) is 122 Å². The SMILES string of the molecule is CCCCC/C=C\C/C=C\CCCCCC(CCCCCCCCCCCCCC)CC(=O)O. The third-order valence-electron chi connectivity index (χ3n) is 6.99. The van der Waals surface area contributed by atoms with Crippen molar-refractivity contribution in [1.29, 1.82) is 0 Å². The van der Waals surface area contributed by atoms with Crippen molar-refractivity contribution in [3.8, 4) is 0 Å². The lowest BCUT2D eigenvalue weighted by molar-refractivity contribution is -0.138. The third-order valence-corrected chi connectivity index (χ3v) is 6.99. The van der Waals surface area contributed by atoms with Crippen LogP contribution in [0.2, 0.25) is 0 Å². The summed E-state index contributed by atoms with van der Waals surface area (Å²) in [6, 6.07) is 0. The van der Waals surface area contributed by atoms with Crippen LogP contribution in [0.3, 0.4) is 0 Å². The summed E-state index contributed by atoms with van der Waals surface area (Å²) in [6.07, 6.45) is 39.2. The van der Waals surface area contributed by atoms with Gasteiger partial charge in [0.1, 0.15) is 0 Å². The Morgan fingerprint density at radius 2 is 0.941 bits per heavy atom. The topological polar surface area (TPSA) is 37.3 Å². The maximum Gasteiger partial charge on any atom is 0.303 e. The molecule has 0 bridgehead atoms.